The summed E-state index contributed by atoms with van der Waals surface area (Å²) in [6.45, 7) is 1.46. The second kappa shape index (κ2) is 7.79. The number of hydrogen-bond acceptors (Lipinski definition) is 5. The highest BCUT2D eigenvalue weighted by atomic mass is 16.5. The van der Waals surface area contributed by atoms with Crippen molar-refractivity contribution in [2.45, 2.75) is 18.9 Å². The average Bonchev–Trinajstić information content (AvgIpc) is 3.03. The SMILES string of the molecule is COCCOc1cccc(C(=O)N2CCC[C@H]2C(=O)OC)c1. The van der Waals surface area contributed by atoms with E-state index in [9.17, 15) is 9.59 Å². The lowest BCUT2D eigenvalue weighted by molar-refractivity contribution is -0.145. The summed E-state index contributed by atoms with van der Waals surface area (Å²) in [7, 11) is 2.94. The number of nitrogens with zero attached hydrogens (tertiary/aromatic N) is 1. The van der Waals surface area contributed by atoms with E-state index in [4.69, 9.17) is 14.2 Å². The molecule has 1 amide bonds. The van der Waals surface area contributed by atoms with Gasteiger partial charge in [-0.2, -0.15) is 0 Å². The molecule has 1 aliphatic rings. The van der Waals surface area contributed by atoms with E-state index in [1.54, 1.807) is 36.3 Å². The summed E-state index contributed by atoms with van der Waals surface area (Å²) in [6, 6.07) is 6.46. The number of amides is 1. The van der Waals surface area contributed by atoms with Crippen LogP contribution in [0.1, 0.15) is 23.2 Å². The van der Waals surface area contributed by atoms with Crippen LogP contribution in [0.4, 0.5) is 0 Å². The maximum Gasteiger partial charge on any atom is 0.328 e. The van der Waals surface area contributed by atoms with Crippen LogP contribution in [0.2, 0.25) is 0 Å². The molecule has 0 aromatic heterocycles. The lowest BCUT2D eigenvalue weighted by Crippen LogP contribution is -2.41. The minimum absolute atomic E-state index is 0.176. The summed E-state index contributed by atoms with van der Waals surface area (Å²) in [5.74, 6) is 0.0696. The van der Waals surface area contributed by atoms with E-state index >= 15 is 0 Å². The van der Waals surface area contributed by atoms with E-state index in [1.165, 1.54) is 7.11 Å². The zero-order valence-corrected chi connectivity index (χ0v) is 12.9. The smallest absolute Gasteiger partial charge is 0.328 e. The van der Waals surface area contributed by atoms with Gasteiger partial charge in [0.25, 0.3) is 5.91 Å². The molecule has 2 rings (SSSR count). The van der Waals surface area contributed by atoms with Crippen LogP contribution < -0.4 is 4.74 Å². The number of rotatable bonds is 6. The molecule has 0 N–H and O–H groups in total. The Kier molecular flexibility index (Phi) is 5.77. The predicted molar refractivity (Wildman–Crippen MR) is 79.9 cm³/mol. The van der Waals surface area contributed by atoms with Gasteiger partial charge in [-0.3, -0.25) is 4.79 Å². The molecule has 1 saturated heterocycles. The van der Waals surface area contributed by atoms with Crippen molar-refractivity contribution in [3.05, 3.63) is 29.8 Å². The van der Waals surface area contributed by atoms with Crippen LogP contribution in [0.5, 0.6) is 5.75 Å². The first-order valence-corrected chi connectivity index (χ1v) is 7.28. The fraction of sp³-hybridized carbons (Fsp3) is 0.500. The molecular formula is C16H21NO5. The Balaban J connectivity index is 2.08. The summed E-state index contributed by atoms with van der Waals surface area (Å²) in [6.07, 6.45) is 1.44. The van der Waals surface area contributed by atoms with Crippen LogP contribution in [-0.4, -0.2) is 56.8 Å². The Hall–Kier alpha value is -2.08. The number of benzene rings is 1. The minimum atomic E-state index is -0.490. The third-order valence-corrected chi connectivity index (χ3v) is 3.62. The van der Waals surface area contributed by atoms with E-state index in [1.807, 2.05) is 0 Å². The van der Waals surface area contributed by atoms with Gasteiger partial charge in [-0.15, -0.1) is 0 Å². The molecule has 0 aliphatic carbocycles. The molecule has 1 heterocycles. The highest BCUT2D eigenvalue weighted by Gasteiger charge is 2.35. The van der Waals surface area contributed by atoms with Gasteiger partial charge >= 0.3 is 5.97 Å². The van der Waals surface area contributed by atoms with Gasteiger partial charge in [0, 0.05) is 19.2 Å². The van der Waals surface area contributed by atoms with Crippen molar-refractivity contribution >= 4 is 11.9 Å². The third kappa shape index (κ3) is 3.76. The van der Waals surface area contributed by atoms with E-state index < -0.39 is 6.04 Å². The van der Waals surface area contributed by atoms with Crippen molar-refractivity contribution in [1.82, 2.24) is 4.90 Å². The van der Waals surface area contributed by atoms with E-state index in [0.29, 0.717) is 37.5 Å². The minimum Gasteiger partial charge on any atom is -0.491 e. The number of hydrogen-bond donors (Lipinski definition) is 0. The van der Waals surface area contributed by atoms with Crippen molar-refractivity contribution in [2.75, 3.05) is 34.0 Å². The Morgan fingerprint density at radius 2 is 2.09 bits per heavy atom. The molecule has 1 aliphatic heterocycles. The maximum absolute atomic E-state index is 12.6. The van der Waals surface area contributed by atoms with Gasteiger partial charge in [-0.1, -0.05) is 6.07 Å². The van der Waals surface area contributed by atoms with Crippen molar-refractivity contribution in [2.24, 2.45) is 0 Å². The second-order valence-electron chi connectivity index (χ2n) is 5.05. The Morgan fingerprint density at radius 3 is 2.82 bits per heavy atom. The highest BCUT2D eigenvalue weighted by molar-refractivity contribution is 5.97. The first-order chi connectivity index (χ1) is 10.7. The van der Waals surface area contributed by atoms with Gasteiger partial charge in [0.2, 0.25) is 0 Å². The van der Waals surface area contributed by atoms with Gasteiger partial charge in [0.15, 0.2) is 0 Å². The quantitative estimate of drug-likeness (QED) is 0.588. The molecule has 0 saturated carbocycles. The molecule has 1 aromatic carbocycles. The zero-order valence-electron chi connectivity index (χ0n) is 12.9. The summed E-state index contributed by atoms with van der Waals surface area (Å²) < 4.78 is 15.2. The third-order valence-electron chi connectivity index (χ3n) is 3.62. The fourth-order valence-electron chi connectivity index (χ4n) is 2.52. The van der Waals surface area contributed by atoms with Gasteiger partial charge < -0.3 is 19.1 Å². The Bertz CT molecular complexity index is 531. The van der Waals surface area contributed by atoms with E-state index in [-0.39, 0.29) is 11.9 Å². The maximum atomic E-state index is 12.6. The Labute approximate surface area is 129 Å². The molecule has 22 heavy (non-hydrogen) atoms. The normalized spacial score (nSPS) is 17.4. The number of carbonyl (C=O) groups excluding carboxylic acids is 2. The first kappa shape index (κ1) is 16.3. The van der Waals surface area contributed by atoms with Crippen molar-refractivity contribution in [3.63, 3.8) is 0 Å². The Morgan fingerprint density at radius 1 is 1.27 bits per heavy atom. The molecule has 120 valence electrons. The molecule has 0 spiro atoms. The molecular weight excluding hydrogens is 286 g/mol. The van der Waals surface area contributed by atoms with Crippen LogP contribution >= 0.6 is 0 Å². The van der Waals surface area contributed by atoms with Gasteiger partial charge in [-0.05, 0) is 31.0 Å². The molecule has 6 nitrogen and oxygen atoms in total. The molecule has 0 unspecified atom stereocenters. The predicted octanol–water partition coefficient (Wildman–Crippen LogP) is 1.49. The molecule has 0 radical (unpaired) electrons. The monoisotopic (exact) mass is 307 g/mol. The van der Waals surface area contributed by atoms with Gasteiger partial charge in [0.1, 0.15) is 18.4 Å². The van der Waals surface area contributed by atoms with Crippen LogP contribution in [0.15, 0.2) is 24.3 Å². The van der Waals surface area contributed by atoms with E-state index in [2.05, 4.69) is 0 Å². The van der Waals surface area contributed by atoms with Crippen molar-refractivity contribution < 1.29 is 23.8 Å². The number of carbonyl (C=O) groups is 2. The van der Waals surface area contributed by atoms with Crippen LogP contribution in [0, 0.1) is 0 Å². The largest absolute Gasteiger partial charge is 0.491 e. The van der Waals surface area contributed by atoms with Crippen LogP contribution in [0.25, 0.3) is 0 Å². The topological polar surface area (TPSA) is 65.1 Å². The lowest BCUT2D eigenvalue weighted by atomic mass is 10.1. The summed E-state index contributed by atoms with van der Waals surface area (Å²) in [5.41, 5.74) is 0.505. The number of methoxy groups -OCH3 is 2. The molecule has 6 heteroatoms. The second-order valence-corrected chi connectivity index (χ2v) is 5.05. The molecule has 0 bridgehead atoms. The summed E-state index contributed by atoms with van der Waals surface area (Å²) in [4.78, 5) is 25.9. The van der Waals surface area contributed by atoms with Crippen LogP contribution in [0.3, 0.4) is 0 Å². The summed E-state index contributed by atoms with van der Waals surface area (Å²) >= 11 is 0. The van der Waals surface area contributed by atoms with Crippen molar-refractivity contribution in [3.8, 4) is 5.75 Å². The number of likely N-dealkylation sites (tertiary alicyclic amines) is 1. The molecule has 1 aromatic rings. The average molecular weight is 307 g/mol. The zero-order chi connectivity index (χ0) is 15.9. The van der Waals surface area contributed by atoms with Gasteiger partial charge in [-0.25, -0.2) is 4.79 Å². The number of esters is 1. The first-order valence-electron chi connectivity index (χ1n) is 7.28. The molecule has 1 fully saturated rings. The molecule has 1 atom stereocenters. The summed E-state index contributed by atoms with van der Waals surface area (Å²) in [5, 5.41) is 0. The fourth-order valence-corrected chi connectivity index (χ4v) is 2.52. The lowest BCUT2D eigenvalue weighted by Gasteiger charge is -2.22. The highest BCUT2D eigenvalue weighted by Crippen LogP contribution is 2.22. The van der Waals surface area contributed by atoms with E-state index in [0.717, 1.165) is 6.42 Å². The number of ether oxygens (including phenoxy) is 3. The van der Waals surface area contributed by atoms with Gasteiger partial charge in [0.05, 0.1) is 13.7 Å². The van der Waals surface area contributed by atoms with Crippen LogP contribution in [-0.2, 0) is 14.3 Å². The standard InChI is InChI=1S/C16H21NO5/c1-20-9-10-22-13-6-3-5-12(11-13)15(18)17-8-4-7-14(17)16(19)21-2/h3,5-6,11,14H,4,7-10H2,1-2H3/t14-/m0/s1. The van der Waals surface area contributed by atoms with Crippen molar-refractivity contribution in [1.29, 1.82) is 0 Å².